The molecule has 0 aliphatic rings. The van der Waals surface area contributed by atoms with E-state index in [2.05, 4.69) is 27.3 Å². The second-order valence-corrected chi connectivity index (χ2v) is 7.19. The van der Waals surface area contributed by atoms with Crippen molar-refractivity contribution in [1.82, 2.24) is 0 Å². The molecule has 0 saturated carbocycles. The number of hydrogen-bond acceptors (Lipinski definition) is 4. The highest BCUT2D eigenvalue weighted by molar-refractivity contribution is 9.10. The number of nitrogens with one attached hydrogen (secondary N) is 1. The van der Waals surface area contributed by atoms with Gasteiger partial charge in [-0.15, -0.1) is 0 Å². The Hall–Kier alpha value is -1.84. The van der Waals surface area contributed by atoms with Gasteiger partial charge in [0.25, 0.3) is 0 Å². The van der Waals surface area contributed by atoms with Gasteiger partial charge < -0.3 is 5.32 Å². The number of sulfone groups is 1. The predicted molar refractivity (Wildman–Crippen MR) is 81.7 cm³/mol. The van der Waals surface area contributed by atoms with Gasteiger partial charge in [-0.2, -0.15) is 5.26 Å². The molecule has 2 rings (SSSR count). The molecule has 0 aromatic heterocycles. The minimum atomic E-state index is -3.19. The zero-order valence-electron chi connectivity index (χ0n) is 10.6. The Morgan fingerprint density at radius 2 is 1.75 bits per heavy atom. The fourth-order valence-corrected chi connectivity index (χ4v) is 2.80. The third-order valence-electron chi connectivity index (χ3n) is 2.60. The summed E-state index contributed by atoms with van der Waals surface area (Å²) >= 11 is 3.33. The van der Waals surface area contributed by atoms with Crippen molar-refractivity contribution >= 4 is 37.1 Å². The van der Waals surface area contributed by atoms with Crippen LogP contribution in [0.25, 0.3) is 0 Å². The van der Waals surface area contributed by atoms with Gasteiger partial charge in [0.05, 0.1) is 16.5 Å². The van der Waals surface area contributed by atoms with Crippen molar-refractivity contribution in [2.75, 3.05) is 11.6 Å². The first-order valence-electron chi connectivity index (χ1n) is 5.66. The second-order valence-electron chi connectivity index (χ2n) is 4.26. The highest BCUT2D eigenvalue weighted by Crippen LogP contribution is 2.23. The van der Waals surface area contributed by atoms with Crippen molar-refractivity contribution in [2.24, 2.45) is 0 Å². The Kier molecular flexibility index (Phi) is 4.12. The van der Waals surface area contributed by atoms with Crippen LogP contribution >= 0.6 is 15.9 Å². The number of nitriles is 1. The van der Waals surface area contributed by atoms with Crippen LogP contribution in [0.1, 0.15) is 5.56 Å². The monoisotopic (exact) mass is 350 g/mol. The minimum Gasteiger partial charge on any atom is -0.355 e. The zero-order valence-corrected chi connectivity index (χ0v) is 13.0. The molecule has 0 radical (unpaired) electrons. The van der Waals surface area contributed by atoms with E-state index in [4.69, 9.17) is 5.26 Å². The molecule has 102 valence electrons. The normalized spacial score (nSPS) is 10.8. The van der Waals surface area contributed by atoms with Crippen LogP contribution in [0.4, 0.5) is 11.4 Å². The largest absolute Gasteiger partial charge is 0.355 e. The number of benzene rings is 2. The lowest BCUT2D eigenvalue weighted by molar-refractivity contribution is 0.602. The van der Waals surface area contributed by atoms with E-state index in [-0.39, 0.29) is 4.90 Å². The smallest absolute Gasteiger partial charge is 0.175 e. The molecule has 20 heavy (non-hydrogen) atoms. The molecular formula is C14H11BrN2O2S. The minimum absolute atomic E-state index is 0.273. The van der Waals surface area contributed by atoms with Gasteiger partial charge in [-0.25, -0.2) is 8.42 Å². The van der Waals surface area contributed by atoms with E-state index >= 15 is 0 Å². The van der Waals surface area contributed by atoms with Crippen molar-refractivity contribution in [3.63, 3.8) is 0 Å². The van der Waals surface area contributed by atoms with Crippen molar-refractivity contribution in [2.45, 2.75) is 4.90 Å². The molecule has 1 N–H and O–H groups in total. The molecule has 6 heteroatoms. The molecule has 2 aromatic rings. The molecule has 0 saturated heterocycles. The maximum Gasteiger partial charge on any atom is 0.175 e. The SMILES string of the molecule is CS(=O)(=O)c1ccc(Nc2cc(Br)cc(C#N)c2)cc1. The van der Waals surface area contributed by atoms with Gasteiger partial charge in [0, 0.05) is 22.1 Å². The Morgan fingerprint density at radius 3 is 2.30 bits per heavy atom. The van der Waals surface area contributed by atoms with Gasteiger partial charge in [-0.1, -0.05) is 15.9 Å². The fourth-order valence-electron chi connectivity index (χ4n) is 1.68. The summed E-state index contributed by atoms with van der Waals surface area (Å²) in [5.41, 5.74) is 2.04. The molecule has 4 nitrogen and oxygen atoms in total. The fraction of sp³-hybridized carbons (Fsp3) is 0.0714. The highest BCUT2D eigenvalue weighted by Gasteiger charge is 2.06. The van der Waals surface area contributed by atoms with Crippen LogP contribution in [0.2, 0.25) is 0 Å². The van der Waals surface area contributed by atoms with E-state index < -0.39 is 9.84 Å². The van der Waals surface area contributed by atoms with Gasteiger partial charge in [-0.3, -0.25) is 0 Å². The molecule has 2 aromatic carbocycles. The number of rotatable bonds is 3. The molecule has 0 heterocycles. The summed E-state index contributed by atoms with van der Waals surface area (Å²) in [6.45, 7) is 0. The standard InChI is InChI=1S/C14H11BrN2O2S/c1-20(18,19)14-4-2-12(3-5-14)17-13-7-10(9-16)6-11(15)8-13/h2-8,17H,1H3. The second kappa shape index (κ2) is 5.65. The molecule has 0 spiro atoms. The lowest BCUT2D eigenvalue weighted by Crippen LogP contribution is -1.97. The predicted octanol–water partition coefficient (Wildman–Crippen LogP) is 3.47. The Bertz CT molecular complexity index is 778. The van der Waals surface area contributed by atoms with E-state index in [1.807, 2.05) is 6.07 Å². The van der Waals surface area contributed by atoms with E-state index in [0.717, 1.165) is 15.8 Å². The maximum absolute atomic E-state index is 11.4. The molecule has 0 bridgehead atoms. The first-order valence-corrected chi connectivity index (χ1v) is 8.35. The molecule has 0 amide bonds. The van der Waals surface area contributed by atoms with Gasteiger partial charge >= 0.3 is 0 Å². The molecule has 0 aliphatic heterocycles. The van der Waals surface area contributed by atoms with Crippen molar-refractivity contribution < 1.29 is 8.42 Å². The van der Waals surface area contributed by atoms with Gasteiger partial charge in [-0.05, 0) is 42.5 Å². The first kappa shape index (κ1) is 14.6. The van der Waals surface area contributed by atoms with Gasteiger partial charge in [0.2, 0.25) is 0 Å². The van der Waals surface area contributed by atoms with Crippen LogP contribution < -0.4 is 5.32 Å². The van der Waals surface area contributed by atoms with Crippen molar-refractivity contribution in [1.29, 1.82) is 5.26 Å². The summed E-state index contributed by atoms with van der Waals surface area (Å²) in [6.07, 6.45) is 1.17. The lowest BCUT2D eigenvalue weighted by Gasteiger charge is -2.08. The molecule has 0 aliphatic carbocycles. The first-order chi connectivity index (χ1) is 9.38. The summed E-state index contributed by atoms with van der Waals surface area (Å²) in [6, 6.07) is 13.8. The van der Waals surface area contributed by atoms with Crippen LogP contribution in [-0.2, 0) is 9.84 Å². The third kappa shape index (κ3) is 3.59. The summed E-state index contributed by atoms with van der Waals surface area (Å²) in [5.74, 6) is 0. The third-order valence-corrected chi connectivity index (χ3v) is 4.18. The molecule has 0 unspecified atom stereocenters. The number of nitrogens with zero attached hydrogens (tertiary/aromatic N) is 1. The molecule has 0 atom stereocenters. The van der Waals surface area contributed by atoms with Crippen molar-refractivity contribution in [3.8, 4) is 6.07 Å². The summed E-state index contributed by atoms with van der Waals surface area (Å²) in [4.78, 5) is 0.273. The maximum atomic E-state index is 11.4. The lowest BCUT2D eigenvalue weighted by atomic mass is 10.2. The van der Waals surface area contributed by atoms with Crippen molar-refractivity contribution in [3.05, 3.63) is 52.5 Å². The summed E-state index contributed by atoms with van der Waals surface area (Å²) in [5, 5.41) is 12.0. The van der Waals surface area contributed by atoms with E-state index in [9.17, 15) is 8.42 Å². The summed E-state index contributed by atoms with van der Waals surface area (Å²) in [7, 11) is -3.19. The quantitative estimate of drug-likeness (QED) is 0.919. The van der Waals surface area contributed by atoms with Crippen LogP contribution in [0.3, 0.4) is 0 Å². The Morgan fingerprint density at radius 1 is 1.10 bits per heavy atom. The number of anilines is 2. The Balaban J connectivity index is 2.27. The van der Waals surface area contributed by atoms with E-state index in [0.29, 0.717) is 5.56 Å². The number of halogens is 1. The molecular weight excluding hydrogens is 340 g/mol. The van der Waals surface area contributed by atoms with E-state index in [1.54, 1.807) is 36.4 Å². The highest BCUT2D eigenvalue weighted by atomic mass is 79.9. The van der Waals surface area contributed by atoms with Crippen LogP contribution in [0.5, 0.6) is 0 Å². The zero-order chi connectivity index (χ0) is 14.8. The number of hydrogen-bond donors (Lipinski definition) is 1. The van der Waals surface area contributed by atoms with E-state index in [1.165, 1.54) is 6.26 Å². The molecule has 0 fully saturated rings. The van der Waals surface area contributed by atoms with Crippen LogP contribution in [0, 0.1) is 11.3 Å². The van der Waals surface area contributed by atoms with Crippen LogP contribution in [-0.4, -0.2) is 14.7 Å². The van der Waals surface area contributed by atoms with Crippen LogP contribution in [0.15, 0.2) is 51.8 Å². The summed E-state index contributed by atoms with van der Waals surface area (Å²) < 4.78 is 23.5. The van der Waals surface area contributed by atoms with Gasteiger partial charge in [0.15, 0.2) is 9.84 Å². The Labute approximate surface area is 126 Å². The average Bonchev–Trinajstić information content (AvgIpc) is 2.37. The average molecular weight is 351 g/mol. The van der Waals surface area contributed by atoms with Gasteiger partial charge in [0.1, 0.15) is 0 Å². The topological polar surface area (TPSA) is 70.0 Å².